The molecule has 0 spiro atoms. The summed E-state index contributed by atoms with van der Waals surface area (Å²) in [6.07, 6.45) is 0.316. The molecule has 1 aliphatic heterocycles. The van der Waals surface area contributed by atoms with Gasteiger partial charge in [-0.3, -0.25) is 10.1 Å². The summed E-state index contributed by atoms with van der Waals surface area (Å²) >= 11 is 0. The molecular formula is C12H15FN2O3. The smallest absolute Gasteiger partial charge is 0.260 e. The number of benzene rings is 1. The van der Waals surface area contributed by atoms with Gasteiger partial charge in [-0.2, -0.15) is 0 Å². The zero-order chi connectivity index (χ0) is 13.3. The molecule has 1 aliphatic rings. The van der Waals surface area contributed by atoms with Crippen molar-refractivity contribution in [1.29, 1.82) is 0 Å². The summed E-state index contributed by atoms with van der Waals surface area (Å²) < 4.78 is 12.9. The van der Waals surface area contributed by atoms with E-state index < -0.39 is 22.6 Å². The minimum Gasteiger partial charge on any atom is -0.383 e. The highest BCUT2D eigenvalue weighted by atomic mass is 19.1. The SMILES string of the molecule is C[C@@]1(O)CCN[C@@H](c2ccc(F)cc2)[C@@H]1[N+](=O)[O-]. The van der Waals surface area contributed by atoms with Crippen LogP contribution in [0.15, 0.2) is 24.3 Å². The number of nitrogens with one attached hydrogen (secondary N) is 1. The number of hydrogen-bond donors (Lipinski definition) is 2. The molecule has 3 atom stereocenters. The van der Waals surface area contributed by atoms with Crippen LogP contribution in [0.2, 0.25) is 0 Å². The van der Waals surface area contributed by atoms with E-state index in [-0.39, 0.29) is 5.82 Å². The van der Waals surface area contributed by atoms with Crippen molar-refractivity contribution < 1.29 is 14.4 Å². The Morgan fingerprint density at radius 2 is 2.11 bits per heavy atom. The lowest BCUT2D eigenvalue weighted by atomic mass is 9.81. The van der Waals surface area contributed by atoms with Crippen molar-refractivity contribution in [3.05, 3.63) is 45.8 Å². The molecule has 98 valence electrons. The van der Waals surface area contributed by atoms with Crippen molar-refractivity contribution in [1.82, 2.24) is 5.32 Å². The van der Waals surface area contributed by atoms with Crippen LogP contribution in [0.25, 0.3) is 0 Å². The van der Waals surface area contributed by atoms with Crippen molar-refractivity contribution in [2.45, 2.75) is 31.0 Å². The number of piperidine rings is 1. The van der Waals surface area contributed by atoms with Gasteiger partial charge in [0.25, 0.3) is 6.04 Å². The van der Waals surface area contributed by atoms with Crippen molar-refractivity contribution in [2.24, 2.45) is 0 Å². The monoisotopic (exact) mass is 254 g/mol. The lowest BCUT2D eigenvalue weighted by molar-refractivity contribution is -0.553. The maximum atomic E-state index is 12.9. The number of halogens is 1. The molecular weight excluding hydrogens is 239 g/mol. The molecule has 0 amide bonds. The van der Waals surface area contributed by atoms with Crippen LogP contribution in [-0.4, -0.2) is 28.2 Å². The van der Waals surface area contributed by atoms with Gasteiger partial charge in [0, 0.05) is 4.92 Å². The molecule has 0 aliphatic carbocycles. The van der Waals surface area contributed by atoms with Gasteiger partial charge < -0.3 is 10.4 Å². The Hall–Kier alpha value is -1.53. The van der Waals surface area contributed by atoms with Crippen LogP contribution in [0.5, 0.6) is 0 Å². The van der Waals surface area contributed by atoms with Crippen molar-refractivity contribution in [2.75, 3.05) is 6.54 Å². The van der Waals surface area contributed by atoms with Gasteiger partial charge in [-0.15, -0.1) is 0 Å². The van der Waals surface area contributed by atoms with Gasteiger partial charge in [0.15, 0.2) is 0 Å². The Morgan fingerprint density at radius 3 is 2.67 bits per heavy atom. The summed E-state index contributed by atoms with van der Waals surface area (Å²) in [4.78, 5) is 10.7. The molecule has 6 heteroatoms. The van der Waals surface area contributed by atoms with Crippen molar-refractivity contribution in [3.8, 4) is 0 Å². The maximum Gasteiger partial charge on any atom is 0.260 e. The molecule has 2 N–H and O–H groups in total. The first-order valence-corrected chi connectivity index (χ1v) is 5.76. The Morgan fingerprint density at radius 1 is 1.50 bits per heavy atom. The van der Waals surface area contributed by atoms with E-state index in [1.165, 1.54) is 31.2 Å². The zero-order valence-corrected chi connectivity index (χ0v) is 9.97. The molecule has 0 saturated carbocycles. The summed E-state index contributed by atoms with van der Waals surface area (Å²) in [7, 11) is 0. The maximum absolute atomic E-state index is 12.9. The van der Waals surface area contributed by atoms with E-state index in [1.807, 2.05) is 0 Å². The summed E-state index contributed by atoms with van der Waals surface area (Å²) in [6, 6.07) is 3.78. The summed E-state index contributed by atoms with van der Waals surface area (Å²) in [5, 5.41) is 24.3. The lowest BCUT2D eigenvalue weighted by Crippen LogP contribution is -2.57. The van der Waals surface area contributed by atoms with Gasteiger partial charge >= 0.3 is 0 Å². The molecule has 0 unspecified atom stereocenters. The van der Waals surface area contributed by atoms with E-state index in [1.54, 1.807) is 0 Å². The summed E-state index contributed by atoms with van der Waals surface area (Å²) in [5.74, 6) is -0.390. The predicted molar refractivity (Wildman–Crippen MR) is 63.2 cm³/mol. The molecule has 1 saturated heterocycles. The number of nitro groups is 1. The summed E-state index contributed by atoms with van der Waals surface area (Å²) in [5.41, 5.74) is -0.758. The van der Waals surface area contributed by atoms with E-state index in [2.05, 4.69) is 5.32 Å². The molecule has 0 bridgehead atoms. The minimum absolute atomic E-state index is 0.316. The van der Waals surface area contributed by atoms with Gasteiger partial charge in [0.05, 0.1) is 0 Å². The highest BCUT2D eigenvalue weighted by Crippen LogP contribution is 2.32. The van der Waals surface area contributed by atoms with Crippen LogP contribution in [0, 0.1) is 15.9 Å². The zero-order valence-electron chi connectivity index (χ0n) is 9.97. The van der Waals surface area contributed by atoms with Crippen molar-refractivity contribution in [3.63, 3.8) is 0 Å². The third-order valence-electron chi connectivity index (χ3n) is 3.40. The van der Waals surface area contributed by atoms with Crippen molar-refractivity contribution >= 4 is 0 Å². The molecule has 1 aromatic rings. The topological polar surface area (TPSA) is 75.4 Å². The molecule has 0 aromatic heterocycles. The van der Waals surface area contributed by atoms with E-state index in [0.717, 1.165) is 0 Å². The second-order valence-electron chi connectivity index (χ2n) is 4.82. The summed E-state index contributed by atoms with van der Waals surface area (Å²) in [6.45, 7) is 1.96. The van der Waals surface area contributed by atoms with Crippen LogP contribution in [0.4, 0.5) is 4.39 Å². The average molecular weight is 254 g/mol. The van der Waals surface area contributed by atoms with E-state index in [4.69, 9.17) is 0 Å². The Kier molecular flexibility index (Phi) is 3.32. The predicted octanol–water partition coefficient (Wildman–Crippen LogP) is 1.26. The first kappa shape index (κ1) is 12.9. The van der Waals surface area contributed by atoms with Crippen LogP contribution >= 0.6 is 0 Å². The van der Waals surface area contributed by atoms with Crippen LogP contribution in [0.1, 0.15) is 24.9 Å². The van der Waals surface area contributed by atoms with Gasteiger partial charge in [-0.25, -0.2) is 4.39 Å². The largest absolute Gasteiger partial charge is 0.383 e. The molecule has 1 fully saturated rings. The van der Waals surface area contributed by atoms with Crippen LogP contribution < -0.4 is 5.32 Å². The Labute approximate surface area is 104 Å². The normalized spacial score (nSPS) is 32.2. The van der Waals surface area contributed by atoms with E-state index >= 15 is 0 Å². The third kappa shape index (κ3) is 2.34. The number of aliphatic hydroxyl groups is 1. The second-order valence-corrected chi connectivity index (χ2v) is 4.82. The van der Waals surface area contributed by atoms with E-state index in [9.17, 15) is 19.6 Å². The minimum atomic E-state index is -1.37. The standard InChI is InChI=1S/C12H15FN2O3/c1-12(16)6-7-14-10(11(12)15(17)18)8-2-4-9(13)5-3-8/h2-5,10-11,14,16H,6-7H2,1H3/t10-,11-,12+/m0/s1. The quantitative estimate of drug-likeness (QED) is 0.615. The van der Waals surface area contributed by atoms with E-state index in [0.29, 0.717) is 18.5 Å². The van der Waals surface area contributed by atoms with Gasteiger partial charge in [0.2, 0.25) is 0 Å². The van der Waals surface area contributed by atoms with Crippen LogP contribution in [-0.2, 0) is 0 Å². The highest BCUT2D eigenvalue weighted by molar-refractivity contribution is 5.23. The average Bonchev–Trinajstić information content (AvgIpc) is 2.27. The Balaban J connectivity index is 2.35. The molecule has 2 rings (SSSR count). The fourth-order valence-corrected chi connectivity index (χ4v) is 2.42. The highest BCUT2D eigenvalue weighted by Gasteiger charge is 2.50. The third-order valence-corrected chi connectivity index (χ3v) is 3.40. The first-order chi connectivity index (χ1) is 8.42. The molecule has 5 nitrogen and oxygen atoms in total. The number of rotatable bonds is 2. The number of nitrogens with zero attached hydrogens (tertiary/aromatic N) is 1. The fraction of sp³-hybridized carbons (Fsp3) is 0.500. The number of hydrogen-bond acceptors (Lipinski definition) is 4. The van der Waals surface area contributed by atoms with Gasteiger partial charge in [0.1, 0.15) is 17.5 Å². The van der Waals surface area contributed by atoms with Crippen LogP contribution in [0.3, 0.4) is 0 Å². The Bertz CT molecular complexity index is 447. The molecule has 18 heavy (non-hydrogen) atoms. The fourth-order valence-electron chi connectivity index (χ4n) is 2.42. The molecule has 1 aromatic carbocycles. The molecule has 1 heterocycles. The molecule has 0 radical (unpaired) electrons. The van der Waals surface area contributed by atoms with Gasteiger partial charge in [-0.05, 0) is 37.6 Å². The second kappa shape index (κ2) is 4.62. The lowest BCUT2D eigenvalue weighted by Gasteiger charge is -2.37. The first-order valence-electron chi connectivity index (χ1n) is 5.76. The van der Waals surface area contributed by atoms with Gasteiger partial charge in [-0.1, -0.05) is 12.1 Å².